The Bertz CT molecular complexity index is 1070. The van der Waals surface area contributed by atoms with Gasteiger partial charge in [-0.3, -0.25) is 10.1 Å². The van der Waals surface area contributed by atoms with E-state index in [1.165, 1.54) is 18.1 Å². The Morgan fingerprint density at radius 1 is 1.07 bits per heavy atom. The highest BCUT2D eigenvalue weighted by Gasteiger charge is 2.19. The van der Waals surface area contributed by atoms with Crippen molar-refractivity contribution in [1.82, 2.24) is 29.7 Å². The number of carbonyl (C=O) groups is 1. The number of rotatable bonds is 5. The van der Waals surface area contributed by atoms with Crippen LogP contribution < -0.4 is 5.32 Å². The maximum absolute atomic E-state index is 12.4. The Morgan fingerprint density at radius 3 is 2.63 bits per heavy atom. The summed E-state index contributed by atoms with van der Waals surface area (Å²) in [5.74, 6) is 0.0769. The number of anilines is 1. The number of fused-ring (bicyclic) bond motifs is 1. The molecule has 0 fully saturated rings. The number of amides is 1. The van der Waals surface area contributed by atoms with Gasteiger partial charge >= 0.3 is 0 Å². The molecule has 0 bridgehead atoms. The number of thioether (sulfide) groups is 1. The summed E-state index contributed by atoms with van der Waals surface area (Å²) in [7, 11) is 0. The van der Waals surface area contributed by atoms with Crippen LogP contribution in [0.4, 0.5) is 5.95 Å². The third-order valence-corrected chi connectivity index (χ3v) is 4.90. The monoisotopic (exact) mass is 377 g/mol. The van der Waals surface area contributed by atoms with Gasteiger partial charge in [-0.2, -0.15) is 5.10 Å². The number of hydrogen-bond donors (Lipinski definition) is 1. The van der Waals surface area contributed by atoms with Crippen molar-refractivity contribution in [2.45, 2.75) is 17.2 Å². The Balaban J connectivity index is 1.57. The van der Waals surface area contributed by atoms with E-state index in [1.807, 2.05) is 30.3 Å². The first kappa shape index (κ1) is 17.1. The molecule has 0 aliphatic rings. The Labute approximate surface area is 159 Å². The minimum Gasteiger partial charge on any atom is -0.294 e. The molecule has 0 saturated heterocycles. The fourth-order valence-corrected chi connectivity index (χ4v) is 3.35. The van der Waals surface area contributed by atoms with Gasteiger partial charge in [-0.25, -0.2) is 24.6 Å². The Morgan fingerprint density at radius 2 is 1.85 bits per heavy atom. The van der Waals surface area contributed by atoms with E-state index in [9.17, 15) is 4.79 Å². The number of nitrogens with zero attached hydrogens (tertiary/aromatic N) is 6. The Kier molecular flexibility index (Phi) is 4.75. The van der Waals surface area contributed by atoms with Gasteiger partial charge in [0.2, 0.25) is 11.9 Å². The molecule has 1 atom stereocenters. The zero-order valence-corrected chi connectivity index (χ0v) is 15.2. The fraction of sp³-hybridized carbons (Fsp3) is 0.111. The topological polar surface area (TPSA) is 98.5 Å². The quantitative estimate of drug-likeness (QED) is 0.422. The third-order valence-electron chi connectivity index (χ3n) is 3.79. The summed E-state index contributed by atoms with van der Waals surface area (Å²) in [6.07, 6.45) is 6.35. The van der Waals surface area contributed by atoms with Crippen LogP contribution in [0.3, 0.4) is 0 Å². The molecular weight excluding hydrogens is 362 g/mol. The second kappa shape index (κ2) is 7.50. The number of aromatic nitrogens is 6. The smallest absolute Gasteiger partial charge is 0.239 e. The Hall–Kier alpha value is -3.33. The van der Waals surface area contributed by atoms with Crippen molar-refractivity contribution in [1.29, 1.82) is 0 Å². The van der Waals surface area contributed by atoms with Gasteiger partial charge in [-0.1, -0.05) is 30.0 Å². The van der Waals surface area contributed by atoms with E-state index >= 15 is 0 Å². The average molecular weight is 377 g/mol. The van der Waals surface area contributed by atoms with E-state index in [0.29, 0.717) is 10.7 Å². The van der Waals surface area contributed by atoms with E-state index in [4.69, 9.17) is 0 Å². The van der Waals surface area contributed by atoms with E-state index in [-0.39, 0.29) is 11.9 Å². The van der Waals surface area contributed by atoms with Gasteiger partial charge < -0.3 is 0 Å². The summed E-state index contributed by atoms with van der Waals surface area (Å²) in [5.41, 5.74) is 1.60. The molecule has 1 unspecified atom stereocenters. The molecule has 1 N–H and O–H groups in total. The van der Waals surface area contributed by atoms with Crippen molar-refractivity contribution in [3.63, 3.8) is 0 Å². The minimum atomic E-state index is -0.396. The van der Waals surface area contributed by atoms with Gasteiger partial charge in [0.1, 0.15) is 11.4 Å². The molecule has 1 amide bonds. The van der Waals surface area contributed by atoms with Gasteiger partial charge in [0.05, 0.1) is 22.5 Å². The molecular formula is C18H15N7OS. The van der Waals surface area contributed by atoms with Crippen molar-refractivity contribution >= 4 is 34.7 Å². The molecule has 0 saturated carbocycles. The normalized spacial score (nSPS) is 12.0. The molecule has 4 aromatic rings. The highest BCUT2D eigenvalue weighted by Crippen LogP contribution is 2.29. The van der Waals surface area contributed by atoms with Crippen molar-refractivity contribution in [3.8, 4) is 5.69 Å². The fourth-order valence-electron chi connectivity index (χ4n) is 2.47. The molecule has 1 aromatic carbocycles. The lowest BCUT2D eigenvalue weighted by Gasteiger charge is -2.10. The first-order chi connectivity index (χ1) is 13.2. The molecule has 9 heteroatoms. The summed E-state index contributed by atoms with van der Waals surface area (Å²) < 4.78 is 1.75. The lowest BCUT2D eigenvalue weighted by molar-refractivity contribution is -0.115. The highest BCUT2D eigenvalue weighted by molar-refractivity contribution is 8.00. The summed E-state index contributed by atoms with van der Waals surface area (Å²) in [6, 6.07) is 11.4. The van der Waals surface area contributed by atoms with Crippen molar-refractivity contribution in [3.05, 3.63) is 61.3 Å². The van der Waals surface area contributed by atoms with Crippen LogP contribution in [0.2, 0.25) is 0 Å². The molecule has 0 aliphatic carbocycles. The van der Waals surface area contributed by atoms with Crippen LogP contribution >= 0.6 is 11.8 Å². The first-order valence-electron chi connectivity index (χ1n) is 8.21. The van der Waals surface area contributed by atoms with E-state index in [2.05, 4.69) is 30.4 Å². The molecule has 3 heterocycles. The van der Waals surface area contributed by atoms with Crippen LogP contribution in [-0.4, -0.2) is 40.9 Å². The van der Waals surface area contributed by atoms with E-state index < -0.39 is 5.25 Å². The molecule has 8 nitrogen and oxygen atoms in total. The SMILES string of the molecule is CC(Sc1ncnc2c1cnn2-c1ccccc1)C(=O)Nc1ncccn1. The summed E-state index contributed by atoms with van der Waals surface area (Å²) in [4.78, 5) is 29.1. The second-order valence-corrected chi connectivity index (χ2v) is 6.96. The maximum atomic E-state index is 12.4. The largest absolute Gasteiger partial charge is 0.294 e. The molecule has 4 rings (SSSR count). The molecule has 134 valence electrons. The van der Waals surface area contributed by atoms with Crippen LogP contribution in [0.5, 0.6) is 0 Å². The van der Waals surface area contributed by atoms with Gasteiger partial charge in [-0.05, 0) is 25.1 Å². The lowest BCUT2D eigenvalue weighted by Crippen LogP contribution is -2.23. The standard InChI is InChI=1S/C18H15N7OS/c1-12(16(26)24-18-19-8-5-9-20-18)27-17-14-10-23-25(15(14)21-11-22-17)13-6-3-2-4-7-13/h2-12H,1H3,(H,19,20,24,26). The van der Waals surface area contributed by atoms with Gasteiger partial charge in [-0.15, -0.1) is 0 Å². The van der Waals surface area contributed by atoms with Crippen LogP contribution in [0.15, 0.2) is 66.3 Å². The van der Waals surface area contributed by atoms with E-state index in [0.717, 1.165) is 11.1 Å². The highest BCUT2D eigenvalue weighted by atomic mass is 32.2. The molecule has 3 aromatic heterocycles. The predicted octanol–water partition coefficient (Wildman–Crippen LogP) is 2.72. The predicted molar refractivity (Wildman–Crippen MR) is 103 cm³/mol. The van der Waals surface area contributed by atoms with Crippen LogP contribution in [0.25, 0.3) is 16.7 Å². The van der Waals surface area contributed by atoms with Crippen molar-refractivity contribution < 1.29 is 4.79 Å². The second-order valence-electron chi connectivity index (χ2n) is 5.63. The molecule has 0 aliphatic heterocycles. The number of carbonyl (C=O) groups excluding carboxylic acids is 1. The van der Waals surface area contributed by atoms with Gasteiger partial charge in [0.25, 0.3) is 0 Å². The molecule has 0 spiro atoms. The van der Waals surface area contributed by atoms with Crippen LogP contribution in [-0.2, 0) is 4.79 Å². The molecule has 27 heavy (non-hydrogen) atoms. The average Bonchev–Trinajstić information content (AvgIpc) is 3.14. The van der Waals surface area contributed by atoms with Gasteiger partial charge in [0, 0.05) is 12.4 Å². The van der Waals surface area contributed by atoms with Crippen molar-refractivity contribution in [2.75, 3.05) is 5.32 Å². The summed E-state index contributed by atoms with van der Waals surface area (Å²) in [6.45, 7) is 1.80. The summed E-state index contributed by atoms with van der Waals surface area (Å²) >= 11 is 1.34. The summed E-state index contributed by atoms with van der Waals surface area (Å²) in [5, 5.41) is 8.21. The van der Waals surface area contributed by atoms with Crippen LogP contribution in [0.1, 0.15) is 6.92 Å². The lowest BCUT2D eigenvalue weighted by atomic mass is 10.3. The third kappa shape index (κ3) is 3.63. The van der Waals surface area contributed by atoms with E-state index in [1.54, 1.807) is 36.3 Å². The minimum absolute atomic E-state index is 0.201. The number of hydrogen-bond acceptors (Lipinski definition) is 7. The molecule has 0 radical (unpaired) electrons. The van der Waals surface area contributed by atoms with Crippen LogP contribution in [0, 0.1) is 0 Å². The van der Waals surface area contributed by atoms with Crippen molar-refractivity contribution in [2.24, 2.45) is 0 Å². The first-order valence-corrected chi connectivity index (χ1v) is 9.09. The zero-order valence-electron chi connectivity index (χ0n) is 14.4. The number of benzene rings is 1. The van der Waals surface area contributed by atoms with Gasteiger partial charge in [0.15, 0.2) is 5.65 Å². The number of para-hydroxylation sites is 1. The number of nitrogens with one attached hydrogen (secondary N) is 1. The zero-order chi connectivity index (χ0) is 18.6. The maximum Gasteiger partial charge on any atom is 0.239 e.